The summed E-state index contributed by atoms with van der Waals surface area (Å²) in [6, 6.07) is 8.64. The first kappa shape index (κ1) is 16.1. The molecule has 0 saturated heterocycles. The third-order valence-electron chi connectivity index (χ3n) is 4.32. The summed E-state index contributed by atoms with van der Waals surface area (Å²) in [5, 5.41) is 20.6. The number of aliphatic hydroxyl groups is 1. The fourth-order valence-electron chi connectivity index (χ4n) is 2.60. The van der Waals surface area contributed by atoms with E-state index in [9.17, 15) is 10.2 Å². The maximum Gasteiger partial charge on any atom is 0.214 e. The van der Waals surface area contributed by atoms with Crippen LogP contribution in [0.2, 0.25) is 0 Å². The second-order valence-electron chi connectivity index (χ2n) is 6.29. The van der Waals surface area contributed by atoms with Gasteiger partial charge in [-0.3, -0.25) is 0 Å². The Morgan fingerprint density at radius 3 is 2.65 bits per heavy atom. The maximum atomic E-state index is 11.1. The molecule has 0 aliphatic carbocycles. The first-order chi connectivity index (χ1) is 10.7. The van der Waals surface area contributed by atoms with Crippen molar-refractivity contribution in [2.24, 2.45) is 0 Å². The molecule has 0 radical (unpaired) electrons. The van der Waals surface area contributed by atoms with Crippen LogP contribution in [0.15, 0.2) is 41.0 Å². The van der Waals surface area contributed by atoms with E-state index in [1.54, 1.807) is 13.0 Å². The van der Waals surface area contributed by atoms with E-state index in [0.717, 1.165) is 10.0 Å². The van der Waals surface area contributed by atoms with Crippen LogP contribution in [0.1, 0.15) is 32.4 Å². The molecule has 5 nitrogen and oxygen atoms in total. The zero-order valence-corrected chi connectivity index (χ0v) is 14.7. The highest BCUT2D eigenvalue weighted by Gasteiger charge is 2.54. The monoisotopic (exact) mass is 379 g/mol. The molecule has 6 heteroatoms. The average Bonchev–Trinajstić information content (AvgIpc) is 2.45. The van der Waals surface area contributed by atoms with Gasteiger partial charge in [-0.1, -0.05) is 15.9 Å². The summed E-state index contributed by atoms with van der Waals surface area (Å²) in [4.78, 5) is 3.74. The lowest BCUT2D eigenvalue weighted by molar-refractivity contribution is -0.174. The molecule has 2 atom stereocenters. The quantitative estimate of drug-likeness (QED) is 0.833. The smallest absolute Gasteiger partial charge is 0.214 e. The van der Waals surface area contributed by atoms with Gasteiger partial charge in [0.15, 0.2) is 6.10 Å². The zero-order chi connectivity index (χ0) is 16.8. The Kier molecular flexibility index (Phi) is 3.77. The highest BCUT2D eigenvalue weighted by Crippen LogP contribution is 2.48. The number of aromatic hydroxyl groups is 1. The molecule has 0 spiro atoms. The molecule has 1 aromatic heterocycles. The third-order valence-corrected chi connectivity index (χ3v) is 4.81. The molecule has 2 heterocycles. The van der Waals surface area contributed by atoms with Crippen LogP contribution < -0.4 is 9.47 Å². The Morgan fingerprint density at radius 1 is 1.22 bits per heavy atom. The van der Waals surface area contributed by atoms with E-state index in [2.05, 4.69) is 20.9 Å². The number of benzene rings is 1. The van der Waals surface area contributed by atoms with Gasteiger partial charge < -0.3 is 19.7 Å². The van der Waals surface area contributed by atoms with Gasteiger partial charge in [0.05, 0.1) is 0 Å². The summed E-state index contributed by atoms with van der Waals surface area (Å²) < 4.78 is 12.8. The fourth-order valence-corrected chi connectivity index (χ4v) is 2.98. The van der Waals surface area contributed by atoms with Crippen LogP contribution in [0.25, 0.3) is 0 Å². The molecular formula is C17H18BrNO4. The second kappa shape index (κ2) is 5.39. The van der Waals surface area contributed by atoms with Crippen molar-refractivity contribution in [2.45, 2.75) is 38.1 Å². The topological polar surface area (TPSA) is 71.8 Å². The summed E-state index contributed by atoms with van der Waals surface area (Å²) in [7, 11) is 0. The van der Waals surface area contributed by atoms with Crippen LogP contribution in [-0.2, 0) is 0 Å². The molecule has 2 aromatic rings. The van der Waals surface area contributed by atoms with E-state index in [-0.39, 0.29) is 5.88 Å². The van der Waals surface area contributed by atoms with Gasteiger partial charge in [-0.25, -0.2) is 4.98 Å². The van der Waals surface area contributed by atoms with Gasteiger partial charge in [-0.15, -0.1) is 0 Å². The lowest BCUT2D eigenvalue weighted by atomic mass is 9.77. The van der Waals surface area contributed by atoms with Crippen LogP contribution in [0, 0.1) is 0 Å². The highest BCUT2D eigenvalue weighted by atomic mass is 79.9. The summed E-state index contributed by atoms with van der Waals surface area (Å²) in [6.07, 6.45) is 0.784. The molecular weight excluding hydrogens is 362 g/mol. The van der Waals surface area contributed by atoms with Crippen molar-refractivity contribution in [3.8, 4) is 17.4 Å². The summed E-state index contributed by atoms with van der Waals surface area (Å²) >= 11 is 3.44. The van der Waals surface area contributed by atoms with Gasteiger partial charge in [0, 0.05) is 22.3 Å². The summed E-state index contributed by atoms with van der Waals surface area (Å²) in [5.74, 6) is 0.947. The number of ether oxygens (including phenoxy) is 2. The molecule has 122 valence electrons. The van der Waals surface area contributed by atoms with E-state index in [1.165, 1.54) is 12.3 Å². The predicted molar refractivity (Wildman–Crippen MR) is 88.7 cm³/mol. The minimum atomic E-state index is -1.29. The van der Waals surface area contributed by atoms with Crippen LogP contribution >= 0.6 is 15.9 Å². The van der Waals surface area contributed by atoms with Crippen LogP contribution in [0.4, 0.5) is 0 Å². The van der Waals surface area contributed by atoms with Crippen molar-refractivity contribution >= 4 is 15.9 Å². The molecule has 2 N–H and O–H groups in total. The molecule has 1 aromatic carbocycles. The first-order valence-corrected chi connectivity index (χ1v) is 8.02. The van der Waals surface area contributed by atoms with Gasteiger partial charge in [0.2, 0.25) is 5.88 Å². The van der Waals surface area contributed by atoms with Gasteiger partial charge in [0.25, 0.3) is 0 Å². The number of aromatic nitrogens is 1. The Balaban J connectivity index is 2.10. The Labute approximate surface area is 143 Å². The predicted octanol–water partition coefficient (Wildman–Crippen LogP) is 3.59. The van der Waals surface area contributed by atoms with Gasteiger partial charge in [-0.2, -0.15) is 0 Å². The molecule has 0 bridgehead atoms. The van der Waals surface area contributed by atoms with Crippen molar-refractivity contribution in [3.05, 3.63) is 46.6 Å². The number of rotatable bonds is 2. The Bertz CT molecular complexity index is 745. The molecule has 2 unspecified atom stereocenters. The molecule has 23 heavy (non-hydrogen) atoms. The average molecular weight is 380 g/mol. The maximum absolute atomic E-state index is 11.1. The van der Waals surface area contributed by atoms with Crippen molar-refractivity contribution in [3.63, 3.8) is 0 Å². The molecule has 1 aliphatic rings. The van der Waals surface area contributed by atoms with Crippen molar-refractivity contribution in [1.29, 1.82) is 0 Å². The van der Waals surface area contributed by atoms with Crippen LogP contribution in [-0.4, -0.2) is 26.4 Å². The van der Waals surface area contributed by atoms with E-state index in [4.69, 9.17) is 9.47 Å². The Morgan fingerprint density at radius 2 is 1.96 bits per heavy atom. The third kappa shape index (κ3) is 2.77. The van der Waals surface area contributed by atoms with Gasteiger partial charge >= 0.3 is 0 Å². The minimum absolute atomic E-state index is 0.136. The molecule has 0 fully saturated rings. The molecule has 0 saturated carbocycles. The Hall–Kier alpha value is -1.79. The zero-order valence-electron chi connectivity index (χ0n) is 13.1. The number of hydrogen-bond donors (Lipinski definition) is 2. The van der Waals surface area contributed by atoms with E-state index < -0.39 is 17.3 Å². The number of nitrogens with zero attached hydrogens (tertiary/aromatic N) is 1. The minimum Gasteiger partial charge on any atom is -0.493 e. The van der Waals surface area contributed by atoms with E-state index in [1.807, 2.05) is 32.0 Å². The van der Waals surface area contributed by atoms with Gasteiger partial charge in [-0.05, 0) is 45.0 Å². The number of fused-ring (bicyclic) bond motifs is 1. The molecule has 1 aliphatic heterocycles. The van der Waals surface area contributed by atoms with Crippen LogP contribution in [0.5, 0.6) is 17.4 Å². The molecule has 0 amide bonds. The SMILES string of the molecule is CC1(C)Oc2ccc(Br)cc2C(Oc2ccnc(O)c2)C1(C)O. The van der Waals surface area contributed by atoms with E-state index >= 15 is 0 Å². The second-order valence-corrected chi connectivity index (χ2v) is 7.21. The van der Waals surface area contributed by atoms with Crippen molar-refractivity contribution in [2.75, 3.05) is 0 Å². The fraction of sp³-hybridized carbons (Fsp3) is 0.353. The lowest BCUT2D eigenvalue weighted by Crippen LogP contribution is -2.59. The van der Waals surface area contributed by atoms with E-state index in [0.29, 0.717) is 11.5 Å². The van der Waals surface area contributed by atoms with Gasteiger partial charge in [0.1, 0.15) is 22.7 Å². The standard InChI is InChI=1S/C17H18BrNO4/c1-16(2)17(3,21)15(22-11-6-7-19-14(20)9-11)12-8-10(18)4-5-13(12)23-16/h4-9,15,21H,1-3H3,(H,19,20). The van der Waals surface area contributed by atoms with Crippen LogP contribution in [0.3, 0.4) is 0 Å². The van der Waals surface area contributed by atoms with Crippen molar-refractivity contribution < 1.29 is 19.7 Å². The number of halogens is 1. The largest absolute Gasteiger partial charge is 0.493 e. The summed E-state index contributed by atoms with van der Waals surface area (Å²) in [5.41, 5.74) is -1.41. The normalized spacial score (nSPS) is 25.3. The lowest BCUT2D eigenvalue weighted by Gasteiger charge is -2.49. The first-order valence-electron chi connectivity index (χ1n) is 7.23. The van der Waals surface area contributed by atoms with Crippen molar-refractivity contribution in [1.82, 2.24) is 4.98 Å². The molecule has 3 rings (SSSR count). The number of pyridine rings is 1. The number of hydrogen-bond acceptors (Lipinski definition) is 5. The summed E-state index contributed by atoms with van der Waals surface area (Å²) in [6.45, 7) is 5.32. The highest BCUT2D eigenvalue weighted by molar-refractivity contribution is 9.10.